The Hall–Kier alpha value is -1.65. The summed E-state index contributed by atoms with van der Waals surface area (Å²) in [7, 11) is 1.43. The van der Waals surface area contributed by atoms with Crippen molar-refractivity contribution in [2.45, 2.75) is 19.4 Å². The second kappa shape index (κ2) is 7.22. The first-order valence-corrected chi connectivity index (χ1v) is 7.46. The zero-order chi connectivity index (χ0) is 14.4. The molecule has 0 amide bonds. The van der Waals surface area contributed by atoms with Crippen molar-refractivity contribution < 1.29 is 9.53 Å². The minimum atomic E-state index is -0.263. The normalized spacial score (nSPS) is 12.1. The molecule has 1 aromatic heterocycles. The molecule has 0 saturated heterocycles. The lowest BCUT2D eigenvalue weighted by molar-refractivity contribution is -0.142. The van der Waals surface area contributed by atoms with Gasteiger partial charge in [0.25, 0.3) is 0 Å². The fraction of sp³-hybridized carbons (Fsp3) is 0.312. The van der Waals surface area contributed by atoms with Gasteiger partial charge in [-0.15, -0.1) is 11.3 Å². The van der Waals surface area contributed by atoms with Crippen molar-refractivity contribution in [3.05, 3.63) is 57.8 Å². The van der Waals surface area contributed by atoms with Gasteiger partial charge in [0.1, 0.15) is 0 Å². The average molecular weight is 289 g/mol. The summed E-state index contributed by atoms with van der Waals surface area (Å²) < 4.78 is 4.90. The van der Waals surface area contributed by atoms with Gasteiger partial charge < -0.3 is 10.1 Å². The number of thiophene rings is 1. The first kappa shape index (κ1) is 14.8. The first-order chi connectivity index (χ1) is 9.72. The number of carbonyl (C=O) groups is 1. The fourth-order valence-corrected chi connectivity index (χ4v) is 2.96. The Morgan fingerprint density at radius 1 is 1.30 bits per heavy atom. The molecular formula is C16H19NO2S. The van der Waals surface area contributed by atoms with Crippen LogP contribution >= 0.6 is 11.3 Å². The highest BCUT2D eigenvalue weighted by molar-refractivity contribution is 7.10. The van der Waals surface area contributed by atoms with Crippen molar-refractivity contribution >= 4 is 17.3 Å². The number of esters is 1. The van der Waals surface area contributed by atoms with Crippen molar-refractivity contribution in [1.82, 2.24) is 5.32 Å². The second-order valence-corrected chi connectivity index (χ2v) is 5.64. The molecule has 1 heterocycles. The van der Waals surface area contributed by atoms with Crippen LogP contribution in [0, 0.1) is 6.92 Å². The van der Waals surface area contributed by atoms with E-state index in [2.05, 4.69) is 23.7 Å². The van der Waals surface area contributed by atoms with E-state index in [9.17, 15) is 4.79 Å². The molecule has 2 aromatic rings. The van der Waals surface area contributed by atoms with Crippen LogP contribution in [0.4, 0.5) is 0 Å². The molecule has 0 aliphatic heterocycles. The van der Waals surface area contributed by atoms with Crippen LogP contribution in [0.2, 0.25) is 0 Å². The lowest BCUT2D eigenvalue weighted by Crippen LogP contribution is -2.27. The van der Waals surface area contributed by atoms with E-state index in [1.165, 1.54) is 17.6 Å². The molecule has 4 heteroatoms. The molecule has 0 bridgehead atoms. The lowest BCUT2D eigenvalue weighted by Gasteiger charge is -2.15. The van der Waals surface area contributed by atoms with E-state index < -0.39 is 0 Å². The lowest BCUT2D eigenvalue weighted by atomic mass is 9.99. The number of nitrogens with one attached hydrogen (secondary N) is 1. The van der Waals surface area contributed by atoms with Gasteiger partial charge in [-0.1, -0.05) is 30.3 Å². The Kier molecular flexibility index (Phi) is 5.32. The second-order valence-electron chi connectivity index (χ2n) is 4.64. The summed E-state index contributed by atoms with van der Waals surface area (Å²) in [6.45, 7) is 3.46. The maximum absolute atomic E-state index is 11.9. The minimum absolute atomic E-state index is 0.202. The van der Waals surface area contributed by atoms with Gasteiger partial charge in [0, 0.05) is 18.0 Å². The predicted molar refractivity (Wildman–Crippen MR) is 82.0 cm³/mol. The predicted octanol–water partition coefficient (Wildman–Crippen LogP) is 3.10. The first-order valence-electron chi connectivity index (χ1n) is 6.59. The van der Waals surface area contributed by atoms with Gasteiger partial charge in [-0.05, 0) is 29.5 Å². The van der Waals surface area contributed by atoms with E-state index >= 15 is 0 Å². The van der Waals surface area contributed by atoms with Crippen LogP contribution in [-0.2, 0) is 16.1 Å². The van der Waals surface area contributed by atoms with Crippen LogP contribution < -0.4 is 5.32 Å². The highest BCUT2D eigenvalue weighted by Gasteiger charge is 2.20. The van der Waals surface area contributed by atoms with Gasteiger partial charge >= 0.3 is 5.97 Å². The molecule has 0 fully saturated rings. The summed E-state index contributed by atoms with van der Waals surface area (Å²) >= 11 is 1.73. The van der Waals surface area contributed by atoms with Gasteiger partial charge in [-0.25, -0.2) is 0 Å². The van der Waals surface area contributed by atoms with E-state index in [0.717, 1.165) is 12.1 Å². The van der Waals surface area contributed by atoms with Crippen molar-refractivity contribution in [3.8, 4) is 0 Å². The molecule has 0 aliphatic rings. The van der Waals surface area contributed by atoms with E-state index in [-0.39, 0.29) is 11.9 Å². The third kappa shape index (κ3) is 3.68. The summed E-state index contributed by atoms with van der Waals surface area (Å²) in [5.74, 6) is -0.465. The molecular weight excluding hydrogens is 270 g/mol. The van der Waals surface area contributed by atoms with Crippen molar-refractivity contribution in [2.75, 3.05) is 13.7 Å². The molecule has 0 aliphatic carbocycles. The number of hydrogen-bond acceptors (Lipinski definition) is 4. The molecule has 0 radical (unpaired) electrons. The number of aryl methyl sites for hydroxylation is 1. The fourth-order valence-electron chi connectivity index (χ4n) is 2.08. The summed E-state index contributed by atoms with van der Waals surface area (Å²) in [5.41, 5.74) is 2.27. The highest BCUT2D eigenvalue weighted by Crippen LogP contribution is 2.18. The van der Waals surface area contributed by atoms with E-state index in [4.69, 9.17) is 4.74 Å². The Labute approximate surface area is 123 Å². The van der Waals surface area contributed by atoms with E-state index in [0.29, 0.717) is 6.54 Å². The maximum Gasteiger partial charge on any atom is 0.314 e. The zero-order valence-electron chi connectivity index (χ0n) is 11.8. The van der Waals surface area contributed by atoms with Crippen LogP contribution in [0.5, 0.6) is 0 Å². The molecule has 20 heavy (non-hydrogen) atoms. The molecule has 0 saturated carbocycles. The Morgan fingerprint density at radius 2 is 2.05 bits per heavy atom. The van der Waals surface area contributed by atoms with Gasteiger partial charge in [-0.2, -0.15) is 0 Å². The monoisotopic (exact) mass is 289 g/mol. The smallest absolute Gasteiger partial charge is 0.314 e. The van der Waals surface area contributed by atoms with Crippen LogP contribution in [0.15, 0.2) is 41.8 Å². The number of rotatable bonds is 6. The van der Waals surface area contributed by atoms with Gasteiger partial charge in [-0.3, -0.25) is 4.79 Å². The molecule has 106 valence electrons. The van der Waals surface area contributed by atoms with Crippen molar-refractivity contribution in [3.63, 3.8) is 0 Å². The van der Waals surface area contributed by atoms with Crippen LogP contribution in [0.1, 0.15) is 21.9 Å². The molecule has 1 N–H and O–H groups in total. The Balaban J connectivity index is 1.99. The molecule has 1 atom stereocenters. The number of benzene rings is 1. The topological polar surface area (TPSA) is 38.3 Å². The Bertz CT molecular complexity index is 551. The largest absolute Gasteiger partial charge is 0.469 e. The van der Waals surface area contributed by atoms with Gasteiger partial charge in [0.2, 0.25) is 0 Å². The van der Waals surface area contributed by atoms with Gasteiger partial charge in [0.15, 0.2) is 0 Å². The number of hydrogen-bond donors (Lipinski definition) is 1. The van der Waals surface area contributed by atoms with Crippen molar-refractivity contribution in [1.29, 1.82) is 0 Å². The summed E-state index contributed by atoms with van der Waals surface area (Å²) in [6.07, 6.45) is 0. The van der Waals surface area contributed by atoms with E-state index in [1.807, 2.05) is 30.3 Å². The number of methoxy groups -OCH3 is 1. The maximum atomic E-state index is 11.9. The van der Waals surface area contributed by atoms with Crippen LogP contribution in [0.3, 0.4) is 0 Å². The standard InChI is InChI=1S/C16H19NO2S/c1-12-8-9-20-15(12)11-17-10-14(16(18)19-2)13-6-4-3-5-7-13/h3-9,14,17H,10-11H2,1-2H3. The Morgan fingerprint density at radius 3 is 2.65 bits per heavy atom. The average Bonchev–Trinajstić information content (AvgIpc) is 2.89. The SMILES string of the molecule is COC(=O)C(CNCc1sccc1C)c1ccccc1. The number of carbonyl (C=O) groups excluding carboxylic acids is 1. The zero-order valence-corrected chi connectivity index (χ0v) is 12.6. The summed E-state index contributed by atoms with van der Waals surface area (Å²) in [4.78, 5) is 13.2. The molecule has 1 aromatic carbocycles. The quantitative estimate of drug-likeness (QED) is 0.830. The third-order valence-corrected chi connectivity index (χ3v) is 4.31. The minimum Gasteiger partial charge on any atom is -0.469 e. The molecule has 0 spiro atoms. The molecule has 2 rings (SSSR count). The van der Waals surface area contributed by atoms with Gasteiger partial charge in [0.05, 0.1) is 13.0 Å². The highest BCUT2D eigenvalue weighted by atomic mass is 32.1. The molecule has 3 nitrogen and oxygen atoms in total. The summed E-state index contributed by atoms with van der Waals surface area (Å²) in [6, 6.07) is 11.8. The van der Waals surface area contributed by atoms with Crippen LogP contribution in [-0.4, -0.2) is 19.6 Å². The third-order valence-electron chi connectivity index (χ3n) is 3.29. The molecule has 1 unspecified atom stereocenters. The number of ether oxygens (including phenoxy) is 1. The summed E-state index contributed by atoms with van der Waals surface area (Å²) in [5, 5.41) is 5.44. The van der Waals surface area contributed by atoms with E-state index in [1.54, 1.807) is 11.3 Å². The van der Waals surface area contributed by atoms with Crippen LogP contribution in [0.25, 0.3) is 0 Å². The van der Waals surface area contributed by atoms with Crippen molar-refractivity contribution in [2.24, 2.45) is 0 Å².